The molecular formula is C25H28N2O4. The average Bonchev–Trinajstić information content (AvgIpc) is 3.28. The Hall–Kier alpha value is -3.25. The molecule has 6 heteroatoms. The molecule has 1 saturated heterocycles. The molecule has 31 heavy (non-hydrogen) atoms. The topological polar surface area (TPSA) is 63.9 Å². The number of benzene rings is 2. The molecule has 1 aromatic heterocycles. The number of carbonyl (C=O) groups excluding carboxylic acids is 1. The Labute approximate surface area is 182 Å². The monoisotopic (exact) mass is 420 g/mol. The molecule has 6 nitrogen and oxygen atoms in total. The zero-order valence-corrected chi connectivity index (χ0v) is 17.8. The lowest BCUT2D eigenvalue weighted by molar-refractivity contribution is 0.0992. The Morgan fingerprint density at radius 1 is 1.00 bits per heavy atom. The number of para-hydroxylation sites is 2. The number of rotatable bonds is 8. The summed E-state index contributed by atoms with van der Waals surface area (Å²) in [4.78, 5) is 15.1. The molecule has 2 aromatic carbocycles. The number of anilines is 1. The third kappa shape index (κ3) is 5.67. The molecule has 1 aliphatic rings. The molecule has 0 bridgehead atoms. The van der Waals surface area contributed by atoms with Crippen molar-refractivity contribution in [2.24, 2.45) is 0 Å². The predicted molar refractivity (Wildman–Crippen MR) is 120 cm³/mol. The summed E-state index contributed by atoms with van der Waals surface area (Å²) >= 11 is 0. The fraction of sp³-hybridized carbons (Fsp3) is 0.320. The summed E-state index contributed by atoms with van der Waals surface area (Å²) in [5, 5.41) is 2.93. The quantitative estimate of drug-likeness (QED) is 0.549. The van der Waals surface area contributed by atoms with E-state index in [0.717, 1.165) is 25.3 Å². The Morgan fingerprint density at radius 2 is 1.81 bits per heavy atom. The number of nitrogens with zero attached hydrogens (tertiary/aromatic N) is 1. The number of amides is 1. The number of furan rings is 1. The second-order valence-electron chi connectivity index (χ2n) is 7.70. The lowest BCUT2D eigenvalue weighted by Crippen LogP contribution is -2.29. The van der Waals surface area contributed by atoms with Crippen LogP contribution in [-0.2, 0) is 13.2 Å². The van der Waals surface area contributed by atoms with Gasteiger partial charge >= 0.3 is 0 Å². The van der Waals surface area contributed by atoms with E-state index in [4.69, 9.17) is 13.9 Å². The van der Waals surface area contributed by atoms with Gasteiger partial charge in [0.05, 0.1) is 7.11 Å². The Bertz CT molecular complexity index is 1010. The van der Waals surface area contributed by atoms with Crippen molar-refractivity contribution in [3.8, 4) is 11.5 Å². The number of likely N-dealkylation sites (tertiary alicyclic amines) is 1. The van der Waals surface area contributed by atoms with E-state index in [1.807, 2.05) is 42.5 Å². The van der Waals surface area contributed by atoms with Crippen LogP contribution in [0.1, 0.15) is 41.1 Å². The number of piperidine rings is 1. The van der Waals surface area contributed by atoms with E-state index >= 15 is 0 Å². The minimum Gasteiger partial charge on any atom is -0.493 e. The first kappa shape index (κ1) is 21.0. The molecule has 2 heterocycles. The Balaban J connectivity index is 1.34. The molecule has 0 saturated carbocycles. The maximum absolute atomic E-state index is 12.6. The summed E-state index contributed by atoms with van der Waals surface area (Å²) < 4.78 is 16.7. The molecule has 1 amide bonds. The van der Waals surface area contributed by atoms with Gasteiger partial charge in [-0.05, 0) is 67.9 Å². The minimum absolute atomic E-state index is 0.207. The average molecular weight is 421 g/mol. The van der Waals surface area contributed by atoms with Gasteiger partial charge < -0.3 is 19.2 Å². The van der Waals surface area contributed by atoms with Gasteiger partial charge in [-0.2, -0.15) is 0 Å². The van der Waals surface area contributed by atoms with Gasteiger partial charge in [0.25, 0.3) is 5.91 Å². The van der Waals surface area contributed by atoms with Crippen LogP contribution in [0.2, 0.25) is 0 Å². The molecular weight excluding hydrogens is 392 g/mol. The van der Waals surface area contributed by atoms with Gasteiger partial charge in [-0.25, -0.2) is 0 Å². The summed E-state index contributed by atoms with van der Waals surface area (Å²) in [5.74, 6) is 1.81. The van der Waals surface area contributed by atoms with E-state index in [0.29, 0.717) is 17.3 Å². The number of hydrogen-bond donors (Lipinski definition) is 1. The van der Waals surface area contributed by atoms with Crippen LogP contribution in [0, 0.1) is 0 Å². The number of nitrogens with one attached hydrogen (secondary N) is 1. The van der Waals surface area contributed by atoms with Crippen molar-refractivity contribution in [3.05, 3.63) is 77.7 Å². The third-order valence-corrected chi connectivity index (χ3v) is 5.36. The lowest BCUT2D eigenvalue weighted by atomic mass is 10.1. The van der Waals surface area contributed by atoms with Crippen molar-refractivity contribution in [1.82, 2.24) is 4.90 Å². The fourth-order valence-electron chi connectivity index (χ4n) is 3.78. The van der Waals surface area contributed by atoms with Crippen LogP contribution >= 0.6 is 0 Å². The molecule has 1 aliphatic heterocycles. The van der Waals surface area contributed by atoms with Crippen molar-refractivity contribution in [1.29, 1.82) is 0 Å². The van der Waals surface area contributed by atoms with Crippen LogP contribution in [-0.4, -0.2) is 31.0 Å². The number of hydrogen-bond acceptors (Lipinski definition) is 5. The SMILES string of the molecule is COc1ccccc1OCc1ccc(C(=O)Nc2cccc(CN3CCCCC3)c2)o1. The van der Waals surface area contributed by atoms with Crippen LogP contribution in [0.5, 0.6) is 11.5 Å². The minimum atomic E-state index is -0.279. The highest BCUT2D eigenvalue weighted by molar-refractivity contribution is 6.02. The highest BCUT2D eigenvalue weighted by Crippen LogP contribution is 2.27. The normalized spacial score (nSPS) is 14.2. The number of methoxy groups -OCH3 is 1. The van der Waals surface area contributed by atoms with Gasteiger partial charge in [-0.1, -0.05) is 30.7 Å². The molecule has 1 fully saturated rings. The molecule has 1 N–H and O–H groups in total. The molecule has 162 valence electrons. The van der Waals surface area contributed by atoms with Crippen LogP contribution in [0.3, 0.4) is 0 Å². The van der Waals surface area contributed by atoms with Gasteiger partial charge in [-0.15, -0.1) is 0 Å². The summed E-state index contributed by atoms with van der Waals surface area (Å²) in [7, 11) is 1.60. The van der Waals surface area contributed by atoms with Gasteiger partial charge in [0.2, 0.25) is 0 Å². The van der Waals surface area contributed by atoms with Crippen molar-refractivity contribution in [3.63, 3.8) is 0 Å². The standard InChI is InChI=1S/C25H28N2O4/c1-29-22-10-3-4-11-23(22)30-18-21-12-13-24(31-21)25(28)26-20-9-7-8-19(16-20)17-27-14-5-2-6-15-27/h3-4,7-13,16H,2,5-6,14-15,17-18H2,1H3,(H,26,28). The number of ether oxygens (including phenoxy) is 2. The molecule has 0 unspecified atom stereocenters. The molecule has 0 spiro atoms. The Morgan fingerprint density at radius 3 is 2.61 bits per heavy atom. The lowest BCUT2D eigenvalue weighted by Gasteiger charge is -2.26. The van der Waals surface area contributed by atoms with Gasteiger partial charge in [-0.3, -0.25) is 9.69 Å². The molecule has 0 radical (unpaired) electrons. The van der Waals surface area contributed by atoms with E-state index in [9.17, 15) is 4.79 Å². The predicted octanol–water partition coefficient (Wildman–Crippen LogP) is 5.11. The first-order chi connectivity index (χ1) is 15.2. The third-order valence-electron chi connectivity index (χ3n) is 5.36. The smallest absolute Gasteiger partial charge is 0.291 e. The first-order valence-corrected chi connectivity index (χ1v) is 10.7. The maximum atomic E-state index is 12.6. The zero-order valence-electron chi connectivity index (χ0n) is 17.8. The highest BCUT2D eigenvalue weighted by atomic mass is 16.5. The summed E-state index contributed by atoms with van der Waals surface area (Å²) in [6, 6.07) is 18.8. The van der Waals surface area contributed by atoms with Crippen LogP contribution in [0.25, 0.3) is 0 Å². The first-order valence-electron chi connectivity index (χ1n) is 10.7. The van der Waals surface area contributed by atoms with Gasteiger partial charge in [0, 0.05) is 12.2 Å². The van der Waals surface area contributed by atoms with Gasteiger partial charge in [0.1, 0.15) is 12.4 Å². The van der Waals surface area contributed by atoms with Crippen molar-refractivity contribution in [2.45, 2.75) is 32.4 Å². The summed E-state index contributed by atoms with van der Waals surface area (Å²) in [6.45, 7) is 3.40. The van der Waals surface area contributed by atoms with Crippen molar-refractivity contribution in [2.75, 3.05) is 25.5 Å². The largest absolute Gasteiger partial charge is 0.493 e. The van der Waals surface area contributed by atoms with Crippen LogP contribution in [0.4, 0.5) is 5.69 Å². The van der Waals surface area contributed by atoms with Crippen molar-refractivity contribution < 1.29 is 18.7 Å². The molecule has 3 aromatic rings. The van der Waals surface area contributed by atoms with E-state index < -0.39 is 0 Å². The highest BCUT2D eigenvalue weighted by Gasteiger charge is 2.14. The summed E-state index contributed by atoms with van der Waals surface area (Å²) in [6.07, 6.45) is 3.84. The molecule has 0 atom stereocenters. The van der Waals surface area contributed by atoms with E-state index in [2.05, 4.69) is 16.3 Å². The maximum Gasteiger partial charge on any atom is 0.291 e. The van der Waals surface area contributed by atoms with Crippen LogP contribution in [0.15, 0.2) is 65.1 Å². The molecule has 0 aliphatic carbocycles. The fourth-order valence-corrected chi connectivity index (χ4v) is 3.78. The van der Waals surface area contributed by atoms with E-state index in [-0.39, 0.29) is 18.3 Å². The second-order valence-corrected chi connectivity index (χ2v) is 7.70. The van der Waals surface area contributed by atoms with E-state index in [1.165, 1.54) is 24.8 Å². The number of carbonyl (C=O) groups is 1. The van der Waals surface area contributed by atoms with Gasteiger partial charge in [0.15, 0.2) is 17.3 Å². The van der Waals surface area contributed by atoms with Crippen molar-refractivity contribution >= 4 is 11.6 Å². The summed E-state index contributed by atoms with van der Waals surface area (Å²) in [5.41, 5.74) is 1.97. The van der Waals surface area contributed by atoms with E-state index in [1.54, 1.807) is 19.2 Å². The Kier molecular flexibility index (Phi) is 6.89. The second kappa shape index (κ2) is 10.2. The zero-order chi connectivity index (χ0) is 21.5. The molecule has 4 rings (SSSR count). The van der Waals surface area contributed by atoms with Crippen LogP contribution < -0.4 is 14.8 Å².